The summed E-state index contributed by atoms with van der Waals surface area (Å²) in [7, 11) is 0. The summed E-state index contributed by atoms with van der Waals surface area (Å²) in [6, 6.07) is 0.615. The lowest BCUT2D eigenvalue weighted by atomic mass is 9.84. The van der Waals surface area contributed by atoms with Crippen molar-refractivity contribution in [3.05, 3.63) is 0 Å². The van der Waals surface area contributed by atoms with E-state index in [1.807, 2.05) is 0 Å². The molecule has 2 nitrogen and oxygen atoms in total. The van der Waals surface area contributed by atoms with E-state index in [1.165, 1.54) is 25.0 Å². The fraction of sp³-hybridized carbons (Fsp3) is 1.00. The van der Waals surface area contributed by atoms with Crippen LogP contribution in [0.4, 0.5) is 0 Å². The van der Waals surface area contributed by atoms with E-state index in [2.05, 4.69) is 30.5 Å². The van der Waals surface area contributed by atoms with Crippen molar-refractivity contribution in [2.24, 2.45) is 0 Å². The standard InChI is InChI=1S/C13H25NOS/c1-11-12(2)16-9-8-14(11)10-13(15)6-4-3-5-7-13/h11-12,15H,3-10H2,1-2H3. The molecule has 1 saturated heterocycles. The predicted octanol–water partition coefficient (Wildman–Crippen LogP) is 2.51. The number of rotatable bonds is 2. The van der Waals surface area contributed by atoms with Crippen molar-refractivity contribution in [2.75, 3.05) is 18.8 Å². The van der Waals surface area contributed by atoms with Crippen LogP contribution in [0.1, 0.15) is 46.0 Å². The molecule has 1 aliphatic heterocycles. The number of hydrogen-bond donors (Lipinski definition) is 1. The molecule has 1 N–H and O–H groups in total. The van der Waals surface area contributed by atoms with Crippen LogP contribution in [0.15, 0.2) is 0 Å². The van der Waals surface area contributed by atoms with E-state index in [9.17, 15) is 5.11 Å². The molecule has 0 aromatic rings. The van der Waals surface area contributed by atoms with E-state index in [-0.39, 0.29) is 5.60 Å². The number of hydrogen-bond acceptors (Lipinski definition) is 3. The monoisotopic (exact) mass is 243 g/mol. The lowest BCUT2D eigenvalue weighted by Gasteiger charge is -2.43. The lowest BCUT2D eigenvalue weighted by Crippen LogP contribution is -2.52. The van der Waals surface area contributed by atoms with Gasteiger partial charge in [-0.3, -0.25) is 4.90 Å². The van der Waals surface area contributed by atoms with Crippen molar-refractivity contribution in [1.29, 1.82) is 0 Å². The number of aliphatic hydroxyl groups is 1. The number of β-amino-alcohol motifs (C(OH)–C–C–N with tert-alkyl or cyclic N) is 1. The van der Waals surface area contributed by atoms with E-state index < -0.39 is 0 Å². The molecule has 1 saturated carbocycles. The predicted molar refractivity (Wildman–Crippen MR) is 71.0 cm³/mol. The van der Waals surface area contributed by atoms with E-state index in [4.69, 9.17) is 0 Å². The summed E-state index contributed by atoms with van der Waals surface area (Å²) in [5, 5.41) is 11.3. The molecule has 0 radical (unpaired) electrons. The molecule has 0 bridgehead atoms. The third-order valence-electron chi connectivity index (χ3n) is 4.30. The van der Waals surface area contributed by atoms with E-state index >= 15 is 0 Å². The Morgan fingerprint density at radius 1 is 1.25 bits per heavy atom. The second kappa shape index (κ2) is 5.28. The summed E-state index contributed by atoms with van der Waals surface area (Å²) in [4.78, 5) is 2.51. The number of nitrogens with zero attached hydrogens (tertiary/aromatic N) is 1. The summed E-state index contributed by atoms with van der Waals surface area (Å²) in [5.41, 5.74) is -0.381. The van der Waals surface area contributed by atoms with Crippen molar-refractivity contribution < 1.29 is 5.11 Å². The summed E-state index contributed by atoms with van der Waals surface area (Å²) in [6.45, 7) is 6.67. The van der Waals surface area contributed by atoms with E-state index in [0.717, 1.165) is 25.9 Å². The maximum atomic E-state index is 10.6. The normalized spacial score (nSPS) is 36.2. The third-order valence-corrected chi connectivity index (χ3v) is 5.63. The molecular formula is C13H25NOS. The van der Waals surface area contributed by atoms with Crippen molar-refractivity contribution in [1.82, 2.24) is 4.90 Å². The molecule has 0 amide bonds. The third kappa shape index (κ3) is 2.93. The molecule has 1 heterocycles. The van der Waals surface area contributed by atoms with Crippen molar-refractivity contribution in [2.45, 2.75) is 62.8 Å². The Morgan fingerprint density at radius 3 is 2.62 bits per heavy atom. The molecule has 2 aliphatic rings. The minimum Gasteiger partial charge on any atom is -0.389 e. The molecular weight excluding hydrogens is 218 g/mol. The first kappa shape index (κ1) is 12.7. The molecule has 2 fully saturated rings. The average molecular weight is 243 g/mol. The average Bonchev–Trinajstić information content (AvgIpc) is 2.26. The van der Waals surface area contributed by atoms with Gasteiger partial charge in [0.25, 0.3) is 0 Å². The summed E-state index contributed by atoms with van der Waals surface area (Å²) >= 11 is 2.07. The molecule has 2 atom stereocenters. The van der Waals surface area contributed by atoms with Crippen LogP contribution in [0, 0.1) is 0 Å². The first-order valence-corrected chi connectivity index (χ1v) is 7.74. The van der Waals surface area contributed by atoms with Crippen LogP contribution >= 0.6 is 11.8 Å². The highest BCUT2D eigenvalue weighted by Gasteiger charge is 2.35. The largest absolute Gasteiger partial charge is 0.389 e. The zero-order valence-electron chi connectivity index (χ0n) is 10.6. The molecule has 0 aromatic carbocycles. The lowest BCUT2D eigenvalue weighted by molar-refractivity contribution is -0.0335. The van der Waals surface area contributed by atoms with Gasteiger partial charge in [0.05, 0.1) is 5.60 Å². The Hall–Kier alpha value is 0.270. The molecule has 94 valence electrons. The van der Waals surface area contributed by atoms with Gasteiger partial charge in [-0.05, 0) is 19.8 Å². The van der Waals surface area contributed by atoms with E-state index in [0.29, 0.717) is 11.3 Å². The number of thioether (sulfide) groups is 1. The van der Waals surface area contributed by atoms with Gasteiger partial charge in [0, 0.05) is 30.1 Å². The van der Waals surface area contributed by atoms with Crippen LogP contribution < -0.4 is 0 Å². The maximum Gasteiger partial charge on any atom is 0.0774 e. The van der Waals surface area contributed by atoms with Crippen molar-refractivity contribution in [3.63, 3.8) is 0 Å². The van der Waals surface area contributed by atoms with Gasteiger partial charge in [-0.2, -0.15) is 11.8 Å². The zero-order valence-corrected chi connectivity index (χ0v) is 11.4. The molecule has 16 heavy (non-hydrogen) atoms. The highest BCUT2D eigenvalue weighted by atomic mass is 32.2. The Labute approximate surface area is 104 Å². The van der Waals surface area contributed by atoms with Gasteiger partial charge in [0.1, 0.15) is 0 Å². The fourth-order valence-corrected chi connectivity index (χ4v) is 4.13. The molecule has 2 unspecified atom stereocenters. The summed E-state index contributed by atoms with van der Waals surface area (Å²) in [5.74, 6) is 1.22. The van der Waals surface area contributed by atoms with E-state index in [1.54, 1.807) is 0 Å². The molecule has 0 spiro atoms. The topological polar surface area (TPSA) is 23.5 Å². The van der Waals surface area contributed by atoms with Crippen molar-refractivity contribution in [3.8, 4) is 0 Å². The highest BCUT2D eigenvalue weighted by molar-refractivity contribution is 8.00. The van der Waals surface area contributed by atoms with Crippen LogP contribution in [-0.4, -0.2) is 45.7 Å². The minimum absolute atomic E-state index is 0.381. The fourth-order valence-electron chi connectivity index (χ4n) is 2.96. The van der Waals surface area contributed by atoms with Gasteiger partial charge >= 0.3 is 0 Å². The first-order valence-electron chi connectivity index (χ1n) is 6.69. The summed E-state index contributed by atoms with van der Waals surface area (Å²) in [6.07, 6.45) is 5.76. The Morgan fingerprint density at radius 2 is 1.94 bits per heavy atom. The Bertz CT molecular complexity index is 228. The molecule has 3 heteroatoms. The minimum atomic E-state index is -0.381. The highest BCUT2D eigenvalue weighted by Crippen LogP contribution is 2.32. The van der Waals surface area contributed by atoms with Crippen LogP contribution in [0.5, 0.6) is 0 Å². The Balaban J connectivity index is 1.92. The molecule has 2 rings (SSSR count). The van der Waals surface area contributed by atoms with Crippen molar-refractivity contribution >= 4 is 11.8 Å². The van der Waals surface area contributed by atoms with Gasteiger partial charge < -0.3 is 5.11 Å². The van der Waals surface area contributed by atoms with Gasteiger partial charge in [-0.1, -0.05) is 26.2 Å². The second-order valence-corrected chi connectivity index (χ2v) is 7.06. The van der Waals surface area contributed by atoms with Gasteiger partial charge in [0.2, 0.25) is 0 Å². The Kier molecular flexibility index (Phi) is 4.20. The van der Waals surface area contributed by atoms with Crippen LogP contribution in [0.3, 0.4) is 0 Å². The molecule has 0 aromatic heterocycles. The first-order chi connectivity index (χ1) is 7.61. The van der Waals surface area contributed by atoms with Crippen LogP contribution in [-0.2, 0) is 0 Å². The van der Waals surface area contributed by atoms with Gasteiger partial charge in [0.15, 0.2) is 0 Å². The smallest absolute Gasteiger partial charge is 0.0774 e. The quantitative estimate of drug-likeness (QED) is 0.806. The van der Waals surface area contributed by atoms with Gasteiger partial charge in [-0.25, -0.2) is 0 Å². The molecule has 1 aliphatic carbocycles. The van der Waals surface area contributed by atoms with Crippen LogP contribution in [0.25, 0.3) is 0 Å². The zero-order chi connectivity index (χ0) is 11.6. The summed E-state index contributed by atoms with van der Waals surface area (Å²) < 4.78 is 0. The van der Waals surface area contributed by atoms with Crippen LogP contribution in [0.2, 0.25) is 0 Å². The van der Waals surface area contributed by atoms with Gasteiger partial charge in [-0.15, -0.1) is 0 Å². The second-order valence-electron chi connectivity index (χ2n) is 5.57. The maximum absolute atomic E-state index is 10.6. The SMILES string of the molecule is CC1SCCN(CC2(O)CCCCC2)C1C.